The van der Waals surface area contributed by atoms with Crippen LogP contribution in [0, 0.1) is 11.8 Å². The Morgan fingerprint density at radius 1 is 1.39 bits per heavy atom. The summed E-state index contributed by atoms with van der Waals surface area (Å²) in [7, 11) is 0. The van der Waals surface area contributed by atoms with Gasteiger partial charge in [0.15, 0.2) is 0 Å². The lowest BCUT2D eigenvalue weighted by atomic mass is 9.77. The van der Waals surface area contributed by atoms with Crippen molar-refractivity contribution < 1.29 is 24.0 Å². The lowest BCUT2D eigenvalue weighted by Crippen LogP contribution is -3.14. The number of thiophene rings is 1. The van der Waals surface area contributed by atoms with Gasteiger partial charge in [-0.15, -0.1) is 11.3 Å². The molecule has 5 rings (SSSR count). The van der Waals surface area contributed by atoms with Gasteiger partial charge in [-0.05, 0) is 11.4 Å². The molecular weight excluding hydrogens is 378 g/mol. The van der Waals surface area contributed by atoms with Crippen molar-refractivity contribution in [1.82, 2.24) is 10.2 Å². The van der Waals surface area contributed by atoms with Gasteiger partial charge in [-0.25, -0.2) is 0 Å². The van der Waals surface area contributed by atoms with Crippen molar-refractivity contribution in [1.29, 1.82) is 0 Å². The lowest BCUT2D eigenvalue weighted by molar-refractivity contribution is -0.906. The Hall–Kier alpha value is -1.74. The number of carbonyl (C=O) groups is 2. The Morgan fingerprint density at radius 3 is 3.04 bits per heavy atom. The Balaban J connectivity index is 1.24. The fourth-order valence-corrected chi connectivity index (χ4v) is 5.71. The SMILES string of the molecule is O=C(NCC[NH+]1CCOCC1)C1C2C=CC3(CN(Cc4cccs4)C(=O)C13)O2. The van der Waals surface area contributed by atoms with Crippen LogP contribution in [0.2, 0.25) is 0 Å². The van der Waals surface area contributed by atoms with Gasteiger partial charge < -0.3 is 24.6 Å². The molecule has 28 heavy (non-hydrogen) atoms. The molecule has 2 bridgehead atoms. The van der Waals surface area contributed by atoms with Gasteiger partial charge in [0.25, 0.3) is 0 Å². The fraction of sp³-hybridized carbons (Fsp3) is 0.600. The number of morpholine rings is 1. The van der Waals surface area contributed by atoms with Crippen LogP contribution in [0.5, 0.6) is 0 Å². The van der Waals surface area contributed by atoms with Crippen LogP contribution < -0.4 is 10.2 Å². The van der Waals surface area contributed by atoms with Gasteiger partial charge in [0.1, 0.15) is 18.7 Å². The van der Waals surface area contributed by atoms with Crippen LogP contribution >= 0.6 is 11.3 Å². The lowest BCUT2D eigenvalue weighted by Gasteiger charge is -2.25. The van der Waals surface area contributed by atoms with Crippen molar-refractivity contribution in [2.45, 2.75) is 18.2 Å². The Labute approximate surface area is 168 Å². The molecule has 3 saturated heterocycles. The summed E-state index contributed by atoms with van der Waals surface area (Å²) in [6, 6.07) is 4.03. The normalized spacial score (nSPS) is 34.2. The van der Waals surface area contributed by atoms with Gasteiger partial charge in [-0.3, -0.25) is 9.59 Å². The van der Waals surface area contributed by atoms with Crippen LogP contribution in [0.15, 0.2) is 29.7 Å². The van der Waals surface area contributed by atoms with Crippen LogP contribution in [0.3, 0.4) is 0 Å². The van der Waals surface area contributed by atoms with E-state index in [2.05, 4.69) is 5.32 Å². The van der Waals surface area contributed by atoms with E-state index in [1.165, 1.54) is 4.90 Å². The van der Waals surface area contributed by atoms with E-state index in [1.54, 1.807) is 11.3 Å². The zero-order valence-corrected chi connectivity index (χ0v) is 16.6. The molecule has 150 valence electrons. The minimum atomic E-state index is -0.628. The van der Waals surface area contributed by atoms with E-state index in [4.69, 9.17) is 9.47 Å². The first-order valence-electron chi connectivity index (χ1n) is 10.0. The third kappa shape index (κ3) is 3.08. The van der Waals surface area contributed by atoms with Crippen LogP contribution in [0.1, 0.15) is 4.88 Å². The molecular formula is C20H26N3O4S+. The zero-order chi connectivity index (χ0) is 19.1. The summed E-state index contributed by atoms with van der Waals surface area (Å²) in [6.45, 7) is 6.16. The fourth-order valence-electron chi connectivity index (χ4n) is 4.99. The maximum atomic E-state index is 13.2. The molecule has 0 saturated carbocycles. The second-order valence-corrected chi connectivity index (χ2v) is 9.11. The minimum absolute atomic E-state index is 0.0409. The van der Waals surface area contributed by atoms with Gasteiger partial charge in [-0.1, -0.05) is 18.2 Å². The number of carbonyl (C=O) groups excluding carboxylic acids is 2. The minimum Gasteiger partial charge on any atom is -0.370 e. The number of hydrogen-bond donors (Lipinski definition) is 2. The first-order chi connectivity index (χ1) is 13.7. The summed E-state index contributed by atoms with van der Waals surface area (Å²) in [5.41, 5.74) is -0.628. The number of nitrogens with zero attached hydrogens (tertiary/aromatic N) is 1. The van der Waals surface area contributed by atoms with Crippen LogP contribution in [0.25, 0.3) is 0 Å². The first kappa shape index (κ1) is 18.3. The molecule has 0 aromatic carbocycles. The smallest absolute Gasteiger partial charge is 0.230 e. The molecule has 3 fully saturated rings. The number of hydrogen-bond acceptors (Lipinski definition) is 5. The van der Waals surface area contributed by atoms with Crippen LogP contribution in [0.4, 0.5) is 0 Å². The van der Waals surface area contributed by atoms with Crippen molar-refractivity contribution in [2.75, 3.05) is 45.9 Å². The third-order valence-electron chi connectivity index (χ3n) is 6.39. The number of likely N-dealkylation sites (tertiary alicyclic amines) is 1. The molecule has 1 spiro atoms. The van der Waals surface area contributed by atoms with Gasteiger partial charge in [0.2, 0.25) is 11.8 Å². The van der Waals surface area contributed by atoms with Gasteiger partial charge >= 0.3 is 0 Å². The molecule has 4 aliphatic heterocycles. The van der Waals surface area contributed by atoms with Crippen molar-refractivity contribution in [3.8, 4) is 0 Å². The number of quaternary nitrogens is 1. The molecule has 0 aliphatic carbocycles. The first-order valence-corrected chi connectivity index (χ1v) is 10.9. The summed E-state index contributed by atoms with van der Waals surface area (Å²) in [5, 5.41) is 5.08. The van der Waals surface area contributed by atoms with Crippen molar-refractivity contribution in [3.05, 3.63) is 34.5 Å². The molecule has 4 aliphatic rings. The number of fused-ring (bicyclic) bond motifs is 1. The van der Waals surface area contributed by atoms with E-state index in [0.29, 0.717) is 19.6 Å². The predicted octanol–water partition coefficient (Wildman–Crippen LogP) is -0.939. The quantitative estimate of drug-likeness (QED) is 0.601. The van der Waals surface area contributed by atoms with E-state index >= 15 is 0 Å². The maximum Gasteiger partial charge on any atom is 0.230 e. The van der Waals surface area contributed by atoms with E-state index in [-0.39, 0.29) is 17.9 Å². The van der Waals surface area contributed by atoms with Crippen molar-refractivity contribution >= 4 is 23.2 Å². The van der Waals surface area contributed by atoms with Gasteiger partial charge in [-0.2, -0.15) is 0 Å². The summed E-state index contributed by atoms with van der Waals surface area (Å²) in [4.78, 5) is 30.6. The van der Waals surface area contributed by atoms with E-state index in [0.717, 1.165) is 37.7 Å². The maximum absolute atomic E-state index is 13.2. The number of ether oxygens (including phenoxy) is 2. The molecule has 0 radical (unpaired) electrons. The van der Waals surface area contributed by atoms with Crippen LogP contribution in [-0.4, -0.2) is 74.4 Å². The molecule has 4 atom stereocenters. The number of rotatable bonds is 6. The topological polar surface area (TPSA) is 72.3 Å². The molecule has 2 amide bonds. The highest BCUT2D eigenvalue weighted by Crippen LogP contribution is 2.52. The number of nitrogens with one attached hydrogen (secondary N) is 2. The van der Waals surface area contributed by atoms with Crippen LogP contribution in [-0.2, 0) is 25.6 Å². The summed E-state index contributed by atoms with van der Waals surface area (Å²) in [6.07, 6.45) is 3.69. The summed E-state index contributed by atoms with van der Waals surface area (Å²) in [5.74, 6) is -0.844. The largest absolute Gasteiger partial charge is 0.370 e. The molecule has 8 heteroatoms. The van der Waals surface area contributed by atoms with E-state index < -0.39 is 17.4 Å². The highest BCUT2D eigenvalue weighted by atomic mass is 32.1. The summed E-state index contributed by atoms with van der Waals surface area (Å²) >= 11 is 1.65. The second-order valence-electron chi connectivity index (χ2n) is 8.08. The average Bonchev–Trinajstić information content (AvgIpc) is 3.46. The molecule has 1 aromatic rings. The number of amides is 2. The van der Waals surface area contributed by atoms with Crippen molar-refractivity contribution in [2.24, 2.45) is 11.8 Å². The van der Waals surface area contributed by atoms with Crippen molar-refractivity contribution in [3.63, 3.8) is 0 Å². The molecule has 1 aromatic heterocycles. The molecule has 2 N–H and O–H groups in total. The van der Waals surface area contributed by atoms with E-state index in [9.17, 15) is 9.59 Å². The Morgan fingerprint density at radius 2 is 2.25 bits per heavy atom. The van der Waals surface area contributed by atoms with Gasteiger partial charge in [0, 0.05) is 4.88 Å². The standard InChI is InChI=1S/C20H25N3O4S/c24-18(21-5-6-22-7-9-26-10-8-22)16-15-3-4-20(27-15)13-23(19(25)17(16)20)12-14-2-1-11-28-14/h1-4,11,15-17H,5-10,12-13H2,(H,21,24)/p+1. The summed E-state index contributed by atoms with van der Waals surface area (Å²) < 4.78 is 11.6. The monoisotopic (exact) mass is 404 g/mol. The second kappa shape index (κ2) is 7.26. The van der Waals surface area contributed by atoms with Gasteiger partial charge in [0.05, 0.1) is 57.3 Å². The molecule has 7 nitrogen and oxygen atoms in total. The predicted molar refractivity (Wildman–Crippen MR) is 103 cm³/mol. The highest BCUT2D eigenvalue weighted by molar-refractivity contribution is 7.09. The Kier molecular flexibility index (Phi) is 4.74. The average molecular weight is 405 g/mol. The molecule has 4 unspecified atom stereocenters. The third-order valence-corrected chi connectivity index (χ3v) is 7.25. The Bertz CT molecular complexity index is 776. The zero-order valence-electron chi connectivity index (χ0n) is 15.8. The molecule has 5 heterocycles. The van der Waals surface area contributed by atoms with E-state index in [1.807, 2.05) is 34.6 Å². The highest BCUT2D eigenvalue weighted by Gasteiger charge is 2.66.